The molecule has 0 saturated carbocycles. The molecule has 4 heteroatoms. The molecule has 112 valence electrons. The molecule has 0 aromatic heterocycles. The second kappa shape index (κ2) is 6.44. The second-order valence-corrected chi connectivity index (χ2v) is 6.11. The number of rotatable bonds is 2. The van der Waals surface area contributed by atoms with Gasteiger partial charge in [0.25, 0.3) is 0 Å². The maximum absolute atomic E-state index is 13.5. The molecule has 3 rings (SSSR count). The van der Waals surface area contributed by atoms with Crippen molar-refractivity contribution in [3.63, 3.8) is 0 Å². The SMILES string of the molecule is N#Cc1ccc(N2CCC(N3CCCC(F)C3)CC2)cc1. The summed E-state index contributed by atoms with van der Waals surface area (Å²) in [6.45, 7) is 3.72. The Morgan fingerprint density at radius 2 is 1.76 bits per heavy atom. The minimum Gasteiger partial charge on any atom is -0.371 e. The molecular formula is C17H22FN3. The smallest absolute Gasteiger partial charge is 0.113 e. The van der Waals surface area contributed by atoms with Crippen molar-refractivity contribution in [1.82, 2.24) is 4.90 Å². The van der Waals surface area contributed by atoms with Crippen molar-refractivity contribution in [2.75, 3.05) is 31.1 Å². The van der Waals surface area contributed by atoms with Crippen LogP contribution in [0.2, 0.25) is 0 Å². The Bertz CT molecular complexity index is 500. The normalized spacial score (nSPS) is 24.8. The zero-order valence-electron chi connectivity index (χ0n) is 12.3. The van der Waals surface area contributed by atoms with Crippen molar-refractivity contribution in [3.05, 3.63) is 29.8 Å². The molecule has 1 aromatic carbocycles. The third-order valence-corrected chi connectivity index (χ3v) is 4.74. The first-order valence-electron chi connectivity index (χ1n) is 7.89. The maximum atomic E-state index is 13.5. The first-order chi connectivity index (χ1) is 10.3. The van der Waals surface area contributed by atoms with Crippen LogP contribution in [0.4, 0.5) is 10.1 Å². The minimum atomic E-state index is -0.629. The number of likely N-dealkylation sites (tertiary alicyclic amines) is 1. The number of hydrogen-bond donors (Lipinski definition) is 0. The van der Waals surface area contributed by atoms with E-state index in [1.807, 2.05) is 24.3 Å². The lowest BCUT2D eigenvalue weighted by Gasteiger charge is -2.41. The van der Waals surface area contributed by atoms with Crippen LogP contribution in [0.1, 0.15) is 31.2 Å². The van der Waals surface area contributed by atoms with Gasteiger partial charge in [-0.05, 0) is 56.5 Å². The highest BCUT2D eigenvalue weighted by Gasteiger charge is 2.28. The van der Waals surface area contributed by atoms with E-state index in [1.54, 1.807) is 0 Å². The summed E-state index contributed by atoms with van der Waals surface area (Å²) in [5.41, 5.74) is 1.89. The third kappa shape index (κ3) is 3.36. The fourth-order valence-corrected chi connectivity index (χ4v) is 3.52. The fourth-order valence-electron chi connectivity index (χ4n) is 3.52. The van der Waals surface area contributed by atoms with E-state index < -0.39 is 6.17 Å². The van der Waals surface area contributed by atoms with E-state index in [9.17, 15) is 4.39 Å². The summed E-state index contributed by atoms with van der Waals surface area (Å²) < 4.78 is 13.5. The number of benzene rings is 1. The quantitative estimate of drug-likeness (QED) is 0.838. The molecule has 0 N–H and O–H groups in total. The van der Waals surface area contributed by atoms with E-state index >= 15 is 0 Å². The molecule has 0 bridgehead atoms. The Balaban J connectivity index is 1.56. The average molecular weight is 287 g/mol. The number of hydrogen-bond acceptors (Lipinski definition) is 3. The van der Waals surface area contributed by atoms with E-state index in [1.165, 1.54) is 5.69 Å². The highest BCUT2D eigenvalue weighted by Crippen LogP contribution is 2.25. The molecule has 0 radical (unpaired) electrons. The Kier molecular flexibility index (Phi) is 4.40. The van der Waals surface area contributed by atoms with Gasteiger partial charge in [0, 0.05) is 31.4 Å². The van der Waals surface area contributed by atoms with Gasteiger partial charge in [-0.15, -0.1) is 0 Å². The predicted octanol–water partition coefficient (Wildman–Crippen LogP) is 2.96. The zero-order chi connectivity index (χ0) is 14.7. The summed E-state index contributed by atoms with van der Waals surface area (Å²) in [6.07, 6.45) is 3.31. The average Bonchev–Trinajstić information content (AvgIpc) is 2.55. The van der Waals surface area contributed by atoms with Gasteiger partial charge < -0.3 is 4.90 Å². The largest absolute Gasteiger partial charge is 0.371 e. The topological polar surface area (TPSA) is 30.3 Å². The van der Waals surface area contributed by atoms with Crippen LogP contribution in [-0.4, -0.2) is 43.3 Å². The fraction of sp³-hybridized carbons (Fsp3) is 0.588. The van der Waals surface area contributed by atoms with Crippen LogP contribution < -0.4 is 4.90 Å². The van der Waals surface area contributed by atoms with Crippen molar-refractivity contribution < 1.29 is 4.39 Å². The first kappa shape index (κ1) is 14.3. The summed E-state index contributed by atoms with van der Waals surface area (Å²) in [5.74, 6) is 0. The molecule has 0 amide bonds. The summed E-state index contributed by atoms with van der Waals surface area (Å²) in [5, 5.41) is 8.84. The molecular weight excluding hydrogens is 265 g/mol. The lowest BCUT2D eigenvalue weighted by atomic mass is 9.99. The van der Waals surface area contributed by atoms with Crippen LogP contribution in [0.5, 0.6) is 0 Å². The molecule has 2 heterocycles. The molecule has 2 saturated heterocycles. The molecule has 0 aliphatic carbocycles. The minimum absolute atomic E-state index is 0.540. The van der Waals surface area contributed by atoms with Gasteiger partial charge in [-0.2, -0.15) is 5.26 Å². The van der Waals surface area contributed by atoms with Gasteiger partial charge in [0.15, 0.2) is 0 Å². The van der Waals surface area contributed by atoms with Gasteiger partial charge in [-0.3, -0.25) is 4.90 Å². The van der Waals surface area contributed by atoms with Gasteiger partial charge in [-0.1, -0.05) is 0 Å². The van der Waals surface area contributed by atoms with Crippen molar-refractivity contribution >= 4 is 5.69 Å². The van der Waals surface area contributed by atoms with Crippen molar-refractivity contribution in [2.24, 2.45) is 0 Å². The molecule has 1 aromatic rings. The lowest BCUT2D eigenvalue weighted by molar-refractivity contribution is 0.0865. The highest BCUT2D eigenvalue weighted by atomic mass is 19.1. The van der Waals surface area contributed by atoms with Crippen molar-refractivity contribution in [3.8, 4) is 6.07 Å². The van der Waals surface area contributed by atoms with E-state index in [0.717, 1.165) is 45.3 Å². The van der Waals surface area contributed by atoms with E-state index in [4.69, 9.17) is 5.26 Å². The lowest BCUT2D eigenvalue weighted by Crippen LogP contribution is -2.49. The van der Waals surface area contributed by atoms with E-state index in [2.05, 4.69) is 15.9 Å². The summed E-state index contributed by atoms with van der Waals surface area (Å²) in [4.78, 5) is 4.72. The molecule has 1 atom stereocenters. The van der Waals surface area contributed by atoms with Crippen molar-refractivity contribution in [1.29, 1.82) is 5.26 Å². The highest BCUT2D eigenvalue weighted by molar-refractivity contribution is 5.50. The summed E-state index contributed by atoms with van der Waals surface area (Å²) in [6, 6.07) is 10.5. The molecule has 2 aliphatic rings. The van der Waals surface area contributed by atoms with Crippen LogP contribution in [0.15, 0.2) is 24.3 Å². The van der Waals surface area contributed by atoms with Gasteiger partial charge in [-0.25, -0.2) is 4.39 Å². The van der Waals surface area contributed by atoms with Gasteiger partial charge in [0.1, 0.15) is 6.17 Å². The zero-order valence-corrected chi connectivity index (χ0v) is 12.3. The van der Waals surface area contributed by atoms with Crippen LogP contribution >= 0.6 is 0 Å². The van der Waals surface area contributed by atoms with Crippen LogP contribution in [-0.2, 0) is 0 Å². The number of nitriles is 1. The van der Waals surface area contributed by atoms with Gasteiger partial charge in [0.2, 0.25) is 0 Å². The number of alkyl halides is 1. The monoisotopic (exact) mass is 287 g/mol. The predicted molar refractivity (Wildman–Crippen MR) is 82.1 cm³/mol. The number of halogens is 1. The Morgan fingerprint density at radius 1 is 1.05 bits per heavy atom. The number of anilines is 1. The number of piperidine rings is 2. The first-order valence-corrected chi connectivity index (χ1v) is 7.89. The molecule has 1 unspecified atom stereocenters. The molecule has 21 heavy (non-hydrogen) atoms. The van der Waals surface area contributed by atoms with Gasteiger partial charge >= 0.3 is 0 Å². The van der Waals surface area contributed by atoms with Crippen LogP contribution in [0.3, 0.4) is 0 Å². The third-order valence-electron chi connectivity index (χ3n) is 4.74. The van der Waals surface area contributed by atoms with E-state index in [0.29, 0.717) is 18.2 Å². The Morgan fingerprint density at radius 3 is 2.38 bits per heavy atom. The summed E-state index contributed by atoms with van der Waals surface area (Å²) in [7, 11) is 0. The maximum Gasteiger partial charge on any atom is 0.113 e. The second-order valence-electron chi connectivity index (χ2n) is 6.11. The Hall–Kier alpha value is -1.60. The standard InChI is InChI=1S/C17H22FN3/c18-15-2-1-9-21(13-15)17-7-10-20(11-8-17)16-5-3-14(12-19)4-6-16/h3-6,15,17H,1-2,7-11,13H2. The molecule has 2 aliphatic heterocycles. The van der Waals surface area contributed by atoms with Crippen molar-refractivity contribution in [2.45, 2.75) is 37.9 Å². The van der Waals surface area contributed by atoms with Crippen LogP contribution in [0, 0.1) is 11.3 Å². The van der Waals surface area contributed by atoms with Crippen LogP contribution in [0.25, 0.3) is 0 Å². The number of nitrogens with zero attached hydrogens (tertiary/aromatic N) is 3. The van der Waals surface area contributed by atoms with Gasteiger partial charge in [0.05, 0.1) is 11.6 Å². The molecule has 0 spiro atoms. The Labute approximate surface area is 126 Å². The molecule has 3 nitrogen and oxygen atoms in total. The summed E-state index contributed by atoms with van der Waals surface area (Å²) >= 11 is 0. The van der Waals surface area contributed by atoms with E-state index in [-0.39, 0.29) is 0 Å². The molecule has 2 fully saturated rings.